The van der Waals surface area contributed by atoms with Gasteiger partial charge in [0, 0.05) is 17.6 Å². The average molecular weight is 339 g/mol. The Morgan fingerprint density at radius 3 is 2.95 bits per heavy atom. The number of carbonyl (C=O) groups is 2. The van der Waals surface area contributed by atoms with E-state index in [-0.39, 0.29) is 6.10 Å². The molecule has 0 N–H and O–H groups in total. The van der Waals surface area contributed by atoms with Gasteiger partial charge in [0.25, 0.3) is 11.7 Å². The first-order valence-corrected chi connectivity index (χ1v) is 7.31. The van der Waals surface area contributed by atoms with Crippen LogP contribution in [0.25, 0.3) is 0 Å². The number of Topliss-reactive ketones (excluding diaryl/α,β-unsaturated/α-hetero) is 1. The summed E-state index contributed by atoms with van der Waals surface area (Å²) >= 11 is 3.33. The number of ether oxygens (including phenoxy) is 1. The van der Waals surface area contributed by atoms with E-state index >= 15 is 0 Å². The Morgan fingerprint density at radius 2 is 2.20 bits per heavy atom. The minimum Gasteiger partial charge on any atom is -0.374 e. The first-order chi connectivity index (χ1) is 9.56. The van der Waals surface area contributed by atoms with Crippen molar-refractivity contribution in [2.45, 2.75) is 6.10 Å². The summed E-state index contributed by atoms with van der Waals surface area (Å²) in [5, 5.41) is 0. The molecule has 20 heavy (non-hydrogen) atoms. The van der Waals surface area contributed by atoms with E-state index in [0.717, 1.165) is 17.6 Å². The molecule has 2 aliphatic heterocycles. The molecule has 0 radical (unpaired) electrons. The summed E-state index contributed by atoms with van der Waals surface area (Å²) < 4.78 is 6.48. The zero-order valence-corrected chi connectivity index (χ0v) is 12.7. The molecule has 0 spiro atoms. The second kappa shape index (κ2) is 5.27. The molecule has 1 atom stereocenters. The normalized spacial score (nSPS) is 23.3. The molecule has 3 rings (SSSR count). The number of halogens is 1. The van der Waals surface area contributed by atoms with Crippen molar-refractivity contribution in [1.29, 1.82) is 0 Å². The van der Waals surface area contributed by atoms with Gasteiger partial charge in [-0.2, -0.15) is 0 Å². The molecule has 1 saturated heterocycles. The van der Waals surface area contributed by atoms with Crippen molar-refractivity contribution in [3.63, 3.8) is 0 Å². The Morgan fingerprint density at radius 1 is 1.40 bits per heavy atom. The molecule has 5 nitrogen and oxygen atoms in total. The summed E-state index contributed by atoms with van der Waals surface area (Å²) in [6.07, 6.45) is -0.0555. The molecule has 1 fully saturated rings. The second-order valence-electron chi connectivity index (χ2n) is 5.16. The Balaban J connectivity index is 1.84. The van der Waals surface area contributed by atoms with Gasteiger partial charge in [0.05, 0.1) is 30.5 Å². The van der Waals surface area contributed by atoms with Gasteiger partial charge < -0.3 is 14.5 Å². The maximum atomic E-state index is 12.1. The van der Waals surface area contributed by atoms with Crippen LogP contribution in [0.15, 0.2) is 22.7 Å². The monoisotopic (exact) mass is 338 g/mol. The lowest BCUT2D eigenvalue weighted by atomic mass is 10.1. The Bertz CT molecular complexity index is 576. The van der Waals surface area contributed by atoms with Crippen LogP contribution in [0, 0.1) is 0 Å². The first-order valence-electron chi connectivity index (χ1n) is 6.52. The highest BCUT2D eigenvalue weighted by Crippen LogP contribution is 2.31. The Kier molecular flexibility index (Phi) is 3.62. The summed E-state index contributed by atoms with van der Waals surface area (Å²) in [6, 6.07) is 5.34. The smallest absolute Gasteiger partial charge is 0.299 e. The number of ketones is 1. The number of anilines is 1. The van der Waals surface area contributed by atoms with Crippen LogP contribution in [0.5, 0.6) is 0 Å². The topological polar surface area (TPSA) is 49.9 Å². The summed E-state index contributed by atoms with van der Waals surface area (Å²) in [5.41, 5.74) is 1.15. The Labute approximate surface area is 125 Å². The number of benzene rings is 1. The molecule has 2 aliphatic rings. The zero-order chi connectivity index (χ0) is 14.3. The number of likely N-dealkylation sites (N-methyl/N-ethyl adjacent to an activating group) is 1. The van der Waals surface area contributed by atoms with Crippen LogP contribution >= 0.6 is 15.9 Å². The van der Waals surface area contributed by atoms with Crippen molar-refractivity contribution in [1.82, 2.24) is 4.90 Å². The summed E-state index contributed by atoms with van der Waals surface area (Å²) in [6.45, 7) is 2.74. The molecule has 1 unspecified atom stereocenters. The molecule has 0 saturated carbocycles. The maximum Gasteiger partial charge on any atom is 0.299 e. The van der Waals surface area contributed by atoms with Gasteiger partial charge in [-0.05, 0) is 25.2 Å². The molecule has 6 heteroatoms. The van der Waals surface area contributed by atoms with E-state index < -0.39 is 11.7 Å². The minimum absolute atomic E-state index is 0.0555. The molecule has 0 bridgehead atoms. The van der Waals surface area contributed by atoms with Gasteiger partial charge in [0.2, 0.25) is 0 Å². The first kappa shape index (κ1) is 13.7. The predicted octanol–water partition coefficient (Wildman–Crippen LogP) is 1.31. The molecule has 1 aromatic rings. The Hall–Kier alpha value is -1.24. The van der Waals surface area contributed by atoms with Gasteiger partial charge in [0.1, 0.15) is 0 Å². The van der Waals surface area contributed by atoms with E-state index in [9.17, 15) is 9.59 Å². The zero-order valence-electron chi connectivity index (χ0n) is 11.1. The van der Waals surface area contributed by atoms with Crippen LogP contribution in [0.2, 0.25) is 0 Å². The standard InChI is InChI=1S/C14H15BrN2O3/c1-16-4-5-20-10(7-16)8-17-12-3-2-9(15)6-11(12)13(18)14(17)19/h2-3,6,10H,4-5,7-8H2,1H3. The lowest BCUT2D eigenvalue weighted by molar-refractivity contribution is -0.115. The van der Waals surface area contributed by atoms with Crippen LogP contribution in [0.4, 0.5) is 5.69 Å². The van der Waals surface area contributed by atoms with E-state index in [2.05, 4.69) is 20.8 Å². The molecule has 1 aromatic carbocycles. The van der Waals surface area contributed by atoms with Gasteiger partial charge in [-0.1, -0.05) is 15.9 Å². The van der Waals surface area contributed by atoms with E-state index in [1.54, 1.807) is 12.1 Å². The quantitative estimate of drug-likeness (QED) is 0.763. The van der Waals surface area contributed by atoms with Crippen LogP contribution in [0.1, 0.15) is 10.4 Å². The third-order valence-corrected chi connectivity index (χ3v) is 4.15. The average Bonchev–Trinajstić information content (AvgIpc) is 2.64. The number of rotatable bonds is 2. The van der Waals surface area contributed by atoms with Gasteiger partial charge in [-0.3, -0.25) is 9.59 Å². The van der Waals surface area contributed by atoms with Crippen LogP contribution in [0.3, 0.4) is 0 Å². The number of hydrogen-bond acceptors (Lipinski definition) is 4. The number of carbonyl (C=O) groups excluding carboxylic acids is 2. The van der Waals surface area contributed by atoms with Gasteiger partial charge in [-0.25, -0.2) is 0 Å². The summed E-state index contributed by atoms with van der Waals surface area (Å²) in [7, 11) is 2.03. The van der Waals surface area contributed by atoms with Gasteiger partial charge in [0.15, 0.2) is 0 Å². The third kappa shape index (κ3) is 2.39. The summed E-state index contributed by atoms with van der Waals surface area (Å²) in [5.74, 6) is -0.902. The highest BCUT2D eigenvalue weighted by atomic mass is 79.9. The molecular formula is C14H15BrN2O3. The fraction of sp³-hybridized carbons (Fsp3) is 0.429. The molecule has 0 aromatic heterocycles. The number of morpholine rings is 1. The van der Waals surface area contributed by atoms with Crippen molar-refractivity contribution in [3.05, 3.63) is 28.2 Å². The highest BCUT2D eigenvalue weighted by Gasteiger charge is 2.37. The largest absolute Gasteiger partial charge is 0.374 e. The van der Waals surface area contributed by atoms with Crippen molar-refractivity contribution >= 4 is 33.3 Å². The maximum absolute atomic E-state index is 12.1. The minimum atomic E-state index is -0.463. The molecule has 1 amide bonds. The van der Waals surface area contributed by atoms with Crippen molar-refractivity contribution in [3.8, 4) is 0 Å². The van der Waals surface area contributed by atoms with Crippen LogP contribution < -0.4 is 4.90 Å². The molecule has 2 heterocycles. The van der Waals surface area contributed by atoms with E-state index in [1.165, 1.54) is 4.90 Å². The molecule has 0 aliphatic carbocycles. The predicted molar refractivity (Wildman–Crippen MR) is 78.1 cm³/mol. The van der Waals surface area contributed by atoms with Crippen LogP contribution in [-0.2, 0) is 9.53 Å². The molecule has 106 valence electrons. The highest BCUT2D eigenvalue weighted by molar-refractivity contribution is 9.10. The molecular weight excluding hydrogens is 324 g/mol. The van der Waals surface area contributed by atoms with Crippen LogP contribution in [-0.4, -0.2) is 56.0 Å². The fourth-order valence-electron chi connectivity index (χ4n) is 2.63. The third-order valence-electron chi connectivity index (χ3n) is 3.66. The van der Waals surface area contributed by atoms with Crippen molar-refractivity contribution < 1.29 is 14.3 Å². The van der Waals surface area contributed by atoms with Crippen molar-refractivity contribution in [2.75, 3.05) is 38.2 Å². The lowest BCUT2D eigenvalue weighted by Crippen LogP contribution is -2.47. The number of hydrogen-bond donors (Lipinski definition) is 0. The van der Waals surface area contributed by atoms with E-state index in [4.69, 9.17) is 4.74 Å². The van der Waals surface area contributed by atoms with E-state index in [1.807, 2.05) is 13.1 Å². The van der Waals surface area contributed by atoms with Gasteiger partial charge >= 0.3 is 0 Å². The fourth-order valence-corrected chi connectivity index (χ4v) is 3.00. The SMILES string of the molecule is CN1CCOC(CN2C(=O)C(=O)c3cc(Br)ccc32)C1. The van der Waals surface area contributed by atoms with Gasteiger partial charge in [-0.15, -0.1) is 0 Å². The number of fused-ring (bicyclic) bond motifs is 1. The second-order valence-corrected chi connectivity index (χ2v) is 6.08. The number of nitrogens with zero attached hydrogens (tertiary/aromatic N) is 2. The van der Waals surface area contributed by atoms with E-state index in [0.29, 0.717) is 24.4 Å². The van der Waals surface area contributed by atoms with Crippen molar-refractivity contribution in [2.24, 2.45) is 0 Å². The lowest BCUT2D eigenvalue weighted by Gasteiger charge is -2.32. The summed E-state index contributed by atoms with van der Waals surface area (Å²) in [4.78, 5) is 27.8. The number of amides is 1.